The summed E-state index contributed by atoms with van der Waals surface area (Å²) in [5.41, 5.74) is 6.62. The van der Waals surface area contributed by atoms with Crippen molar-refractivity contribution >= 4 is 40.3 Å². The van der Waals surface area contributed by atoms with Gasteiger partial charge in [0, 0.05) is 6.04 Å². The maximum Gasteiger partial charge on any atom is 0.189 e. The predicted molar refractivity (Wildman–Crippen MR) is 100 cm³/mol. The lowest BCUT2D eigenvalue weighted by Gasteiger charge is -2.22. The number of fused-ring (bicyclic) bond motifs is 2. The van der Waals surface area contributed by atoms with E-state index in [4.69, 9.17) is 29.2 Å². The molecule has 2 aliphatic rings. The molecule has 1 fully saturated rings. The molecule has 0 saturated heterocycles. The number of benzene rings is 1. The molecule has 23 heavy (non-hydrogen) atoms. The van der Waals surface area contributed by atoms with Crippen molar-refractivity contribution in [3.63, 3.8) is 0 Å². The van der Waals surface area contributed by atoms with Gasteiger partial charge in [-0.3, -0.25) is 10.9 Å². The minimum atomic E-state index is 0.419. The second-order valence-electron chi connectivity index (χ2n) is 5.76. The van der Waals surface area contributed by atoms with E-state index in [0.29, 0.717) is 28.1 Å². The van der Waals surface area contributed by atoms with E-state index in [1.807, 2.05) is 24.3 Å². The van der Waals surface area contributed by atoms with Crippen molar-refractivity contribution in [3.8, 4) is 5.75 Å². The minimum absolute atomic E-state index is 0.419. The van der Waals surface area contributed by atoms with Crippen LogP contribution in [0.15, 0.2) is 36.4 Å². The van der Waals surface area contributed by atoms with E-state index in [-0.39, 0.29) is 0 Å². The van der Waals surface area contributed by atoms with Crippen LogP contribution >= 0.6 is 24.4 Å². The zero-order valence-electron chi connectivity index (χ0n) is 12.8. The average molecular weight is 348 g/mol. The van der Waals surface area contributed by atoms with Gasteiger partial charge in [-0.15, -0.1) is 0 Å². The Bertz CT molecular complexity index is 634. The first kappa shape index (κ1) is 16.0. The highest BCUT2D eigenvalue weighted by Gasteiger charge is 2.35. The third-order valence-corrected chi connectivity index (χ3v) is 4.66. The van der Waals surface area contributed by atoms with Crippen molar-refractivity contribution in [2.75, 3.05) is 12.4 Å². The third-order valence-electron chi connectivity index (χ3n) is 4.24. The van der Waals surface area contributed by atoms with Crippen molar-refractivity contribution in [1.29, 1.82) is 0 Å². The van der Waals surface area contributed by atoms with Gasteiger partial charge < -0.3 is 15.4 Å². The van der Waals surface area contributed by atoms with E-state index in [1.165, 1.54) is 6.42 Å². The molecule has 0 unspecified atom stereocenters. The summed E-state index contributed by atoms with van der Waals surface area (Å²) in [6.45, 7) is 0. The van der Waals surface area contributed by atoms with E-state index in [0.717, 1.165) is 17.9 Å². The molecule has 3 rings (SSSR count). The zero-order valence-corrected chi connectivity index (χ0v) is 14.5. The van der Waals surface area contributed by atoms with Crippen LogP contribution in [-0.2, 0) is 0 Å². The fourth-order valence-electron chi connectivity index (χ4n) is 3.17. The number of hydrogen-bond donors (Lipinski definition) is 4. The molecule has 5 nitrogen and oxygen atoms in total. The molecule has 3 atom stereocenters. The number of rotatable bonds is 3. The van der Waals surface area contributed by atoms with Gasteiger partial charge in [0.25, 0.3) is 0 Å². The van der Waals surface area contributed by atoms with Crippen LogP contribution in [-0.4, -0.2) is 23.4 Å². The molecule has 2 bridgehead atoms. The van der Waals surface area contributed by atoms with Gasteiger partial charge >= 0.3 is 0 Å². The second-order valence-corrected chi connectivity index (χ2v) is 6.58. The molecule has 0 aromatic heterocycles. The van der Waals surface area contributed by atoms with Gasteiger partial charge in [-0.2, -0.15) is 0 Å². The Morgan fingerprint density at radius 2 is 1.87 bits per heavy atom. The van der Waals surface area contributed by atoms with Crippen molar-refractivity contribution in [2.45, 2.75) is 18.9 Å². The highest BCUT2D eigenvalue weighted by molar-refractivity contribution is 7.80. The van der Waals surface area contributed by atoms with Crippen LogP contribution in [0.4, 0.5) is 5.69 Å². The quantitative estimate of drug-likeness (QED) is 0.380. The summed E-state index contributed by atoms with van der Waals surface area (Å²) < 4.78 is 5.27. The lowest BCUT2D eigenvalue weighted by molar-refractivity contribution is 0.417. The number of para-hydroxylation sites is 2. The Hall–Kier alpha value is -1.86. The monoisotopic (exact) mass is 348 g/mol. The number of hydrazine groups is 1. The van der Waals surface area contributed by atoms with Crippen LogP contribution < -0.4 is 26.2 Å². The Labute approximate surface area is 146 Å². The summed E-state index contributed by atoms with van der Waals surface area (Å²) in [6, 6.07) is 8.00. The molecule has 0 aliphatic heterocycles. The van der Waals surface area contributed by atoms with Crippen LogP contribution in [0.25, 0.3) is 0 Å². The maximum atomic E-state index is 5.32. The molecule has 122 valence electrons. The summed E-state index contributed by atoms with van der Waals surface area (Å²) in [4.78, 5) is 0. The molecule has 1 saturated carbocycles. The van der Waals surface area contributed by atoms with Crippen LogP contribution in [0.1, 0.15) is 12.8 Å². The summed E-state index contributed by atoms with van der Waals surface area (Å²) in [6.07, 6.45) is 6.98. The van der Waals surface area contributed by atoms with E-state index >= 15 is 0 Å². The minimum Gasteiger partial charge on any atom is -0.495 e. The first-order valence-electron chi connectivity index (χ1n) is 7.60. The molecule has 4 N–H and O–H groups in total. The lowest BCUT2D eigenvalue weighted by atomic mass is 10.0. The van der Waals surface area contributed by atoms with Crippen LogP contribution in [0, 0.1) is 11.8 Å². The largest absolute Gasteiger partial charge is 0.495 e. The van der Waals surface area contributed by atoms with Gasteiger partial charge in [-0.25, -0.2) is 0 Å². The van der Waals surface area contributed by atoms with Crippen molar-refractivity contribution in [3.05, 3.63) is 36.4 Å². The molecular formula is C16H20N4OS2. The smallest absolute Gasteiger partial charge is 0.189 e. The molecular weight excluding hydrogens is 328 g/mol. The number of anilines is 1. The SMILES string of the molecule is COc1ccccc1NC(=S)NNC(=S)N[C@@H]1C[C@@H]2C=C[C@@H]1C2. The highest BCUT2D eigenvalue weighted by Crippen LogP contribution is 2.38. The van der Waals surface area contributed by atoms with Gasteiger partial charge in [0.2, 0.25) is 0 Å². The lowest BCUT2D eigenvalue weighted by Crippen LogP contribution is -2.51. The van der Waals surface area contributed by atoms with E-state index in [2.05, 4.69) is 33.6 Å². The topological polar surface area (TPSA) is 57.4 Å². The predicted octanol–water partition coefficient (Wildman–Crippen LogP) is 2.33. The average Bonchev–Trinajstić information content (AvgIpc) is 3.16. The number of nitrogens with one attached hydrogen (secondary N) is 4. The summed E-state index contributed by atoms with van der Waals surface area (Å²) in [7, 11) is 1.62. The van der Waals surface area contributed by atoms with E-state index in [1.54, 1.807) is 7.11 Å². The van der Waals surface area contributed by atoms with Gasteiger partial charge in [0.05, 0.1) is 12.8 Å². The Morgan fingerprint density at radius 3 is 2.57 bits per heavy atom. The second kappa shape index (κ2) is 7.14. The fourth-order valence-corrected chi connectivity index (χ4v) is 3.53. The number of methoxy groups -OCH3 is 1. The zero-order chi connectivity index (χ0) is 16.2. The Balaban J connectivity index is 1.43. The molecule has 7 heteroatoms. The maximum absolute atomic E-state index is 5.32. The van der Waals surface area contributed by atoms with Crippen molar-refractivity contribution in [2.24, 2.45) is 11.8 Å². The normalized spacial score (nSPS) is 24.1. The number of ether oxygens (including phenoxy) is 1. The van der Waals surface area contributed by atoms with Crippen molar-refractivity contribution < 1.29 is 4.74 Å². The van der Waals surface area contributed by atoms with Crippen molar-refractivity contribution in [1.82, 2.24) is 16.2 Å². The summed E-state index contributed by atoms with van der Waals surface area (Å²) in [5, 5.41) is 7.40. The Morgan fingerprint density at radius 1 is 1.09 bits per heavy atom. The molecule has 0 spiro atoms. The fraction of sp³-hybridized carbons (Fsp3) is 0.375. The van der Waals surface area contributed by atoms with Gasteiger partial charge in [0.15, 0.2) is 10.2 Å². The van der Waals surface area contributed by atoms with Crippen LogP contribution in [0.3, 0.4) is 0 Å². The first-order chi connectivity index (χ1) is 11.2. The van der Waals surface area contributed by atoms with Gasteiger partial charge in [0.1, 0.15) is 5.75 Å². The molecule has 0 amide bonds. The van der Waals surface area contributed by atoms with Crippen LogP contribution in [0.5, 0.6) is 5.75 Å². The standard InChI is InChI=1S/C16H20N4OS2/c1-21-14-5-3-2-4-12(14)17-15(22)19-20-16(23)18-13-9-10-6-7-11(13)8-10/h2-7,10-11,13H,8-9H2,1H3,(H2,17,19,22)(H2,18,20,23)/t10-,11-,13-/m1/s1. The Kier molecular flexibility index (Phi) is 4.97. The molecule has 2 aliphatic carbocycles. The van der Waals surface area contributed by atoms with E-state index in [9.17, 15) is 0 Å². The molecule has 0 heterocycles. The molecule has 0 radical (unpaired) electrons. The van der Waals surface area contributed by atoms with Crippen LogP contribution in [0.2, 0.25) is 0 Å². The molecule has 1 aromatic carbocycles. The number of hydrogen-bond acceptors (Lipinski definition) is 3. The summed E-state index contributed by atoms with van der Waals surface area (Å²) >= 11 is 10.6. The summed E-state index contributed by atoms with van der Waals surface area (Å²) in [5.74, 6) is 2.03. The number of allylic oxidation sites excluding steroid dienone is 1. The van der Waals surface area contributed by atoms with Gasteiger partial charge in [-0.05, 0) is 61.2 Å². The first-order valence-corrected chi connectivity index (χ1v) is 8.42. The number of thiocarbonyl (C=S) groups is 2. The molecule has 1 aromatic rings. The van der Waals surface area contributed by atoms with Gasteiger partial charge in [-0.1, -0.05) is 24.3 Å². The highest BCUT2D eigenvalue weighted by atomic mass is 32.1. The third kappa shape index (κ3) is 3.92. The van der Waals surface area contributed by atoms with E-state index < -0.39 is 0 Å².